The summed E-state index contributed by atoms with van der Waals surface area (Å²) >= 11 is 0. The first-order valence-corrected chi connectivity index (χ1v) is 6.08. The van der Waals surface area contributed by atoms with E-state index >= 15 is 0 Å². The number of aromatic amines is 1. The lowest BCUT2D eigenvalue weighted by Crippen LogP contribution is -2.30. The van der Waals surface area contributed by atoms with Crippen molar-refractivity contribution >= 4 is 11.1 Å². The lowest BCUT2D eigenvalue weighted by Gasteiger charge is -2.15. The average Bonchev–Trinajstić information content (AvgIpc) is 2.68. The predicted molar refractivity (Wildman–Crippen MR) is 68.3 cm³/mol. The molecule has 2 N–H and O–H groups in total. The van der Waals surface area contributed by atoms with Crippen LogP contribution < -0.4 is 11.1 Å². The van der Waals surface area contributed by atoms with Gasteiger partial charge in [0.2, 0.25) is 0 Å². The van der Waals surface area contributed by atoms with Gasteiger partial charge in [0, 0.05) is 6.04 Å². The topological polar surface area (TPSA) is 58.0 Å². The van der Waals surface area contributed by atoms with Gasteiger partial charge in [-0.3, -0.25) is 4.98 Å². The van der Waals surface area contributed by atoms with Crippen molar-refractivity contribution in [2.24, 2.45) is 0 Å². The van der Waals surface area contributed by atoms with Crippen LogP contribution in [0.1, 0.15) is 25.8 Å². The maximum atomic E-state index is 11.0. The Bertz CT molecular complexity index is 542. The van der Waals surface area contributed by atoms with Crippen LogP contribution in [0.3, 0.4) is 0 Å². The van der Waals surface area contributed by atoms with Gasteiger partial charge in [-0.05, 0) is 37.1 Å². The number of aromatic nitrogens is 1. The van der Waals surface area contributed by atoms with Gasteiger partial charge >= 0.3 is 5.76 Å². The first-order valence-electron chi connectivity index (χ1n) is 6.08. The van der Waals surface area contributed by atoms with E-state index in [9.17, 15) is 4.79 Å². The first-order chi connectivity index (χ1) is 8.22. The maximum Gasteiger partial charge on any atom is 0.417 e. The zero-order valence-corrected chi connectivity index (χ0v) is 10.2. The van der Waals surface area contributed by atoms with Crippen LogP contribution in [-0.2, 0) is 6.42 Å². The van der Waals surface area contributed by atoms with Crippen molar-refractivity contribution in [2.45, 2.75) is 32.7 Å². The Labute approximate surface area is 100 Å². The summed E-state index contributed by atoms with van der Waals surface area (Å²) in [4.78, 5) is 13.7. The van der Waals surface area contributed by atoms with Crippen molar-refractivity contribution in [3.05, 3.63) is 34.3 Å². The quantitative estimate of drug-likeness (QED) is 0.832. The van der Waals surface area contributed by atoms with Crippen molar-refractivity contribution in [1.29, 1.82) is 0 Å². The molecule has 17 heavy (non-hydrogen) atoms. The molecule has 0 radical (unpaired) electrons. The Balaban J connectivity index is 2.20. The predicted octanol–water partition coefficient (Wildman–Crippen LogP) is 2.05. The van der Waals surface area contributed by atoms with Gasteiger partial charge in [-0.15, -0.1) is 0 Å². The van der Waals surface area contributed by atoms with Crippen molar-refractivity contribution < 1.29 is 4.42 Å². The number of hydrogen-bond donors (Lipinski definition) is 2. The van der Waals surface area contributed by atoms with Gasteiger partial charge in [-0.2, -0.15) is 0 Å². The highest BCUT2D eigenvalue weighted by Crippen LogP contribution is 2.14. The summed E-state index contributed by atoms with van der Waals surface area (Å²) in [5.41, 5.74) is 2.59. The zero-order chi connectivity index (χ0) is 12.3. The summed E-state index contributed by atoms with van der Waals surface area (Å²) in [5, 5.41) is 3.43. The van der Waals surface area contributed by atoms with E-state index in [-0.39, 0.29) is 0 Å². The van der Waals surface area contributed by atoms with E-state index in [1.54, 1.807) is 0 Å². The number of benzene rings is 1. The van der Waals surface area contributed by atoms with E-state index < -0.39 is 5.76 Å². The van der Waals surface area contributed by atoms with Gasteiger partial charge in [0.25, 0.3) is 0 Å². The molecule has 0 saturated heterocycles. The minimum absolute atomic E-state index is 0.393. The number of nitrogens with one attached hydrogen (secondary N) is 2. The number of likely N-dealkylation sites (N-methyl/N-ethyl adjacent to an activating group) is 1. The van der Waals surface area contributed by atoms with Crippen LogP contribution in [0.4, 0.5) is 0 Å². The number of oxazole rings is 1. The van der Waals surface area contributed by atoms with Crippen LogP contribution in [0.15, 0.2) is 27.4 Å². The summed E-state index contributed by atoms with van der Waals surface area (Å²) < 4.78 is 5.05. The highest BCUT2D eigenvalue weighted by Gasteiger charge is 2.07. The van der Waals surface area contributed by atoms with E-state index in [0.717, 1.165) is 24.9 Å². The van der Waals surface area contributed by atoms with Crippen LogP contribution >= 0.6 is 0 Å². The Kier molecular flexibility index (Phi) is 3.64. The highest BCUT2D eigenvalue weighted by molar-refractivity contribution is 5.72. The second-order valence-electron chi connectivity index (χ2n) is 4.21. The minimum atomic E-state index is -0.393. The number of fused-ring (bicyclic) bond motifs is 1. The number of hydrogen-bond acceptors (Lipinski definition) is 3. The second kappa shape index (κ2) is 5.19. The lowest BCUT2D eigenvalue weighted by atomic mass is 10.0. The van der Waals surface area contributed by atoms with E-state index in [2.05, 4.69) is 24.1 Å². The standard InChI is InChI=1S/C13H18N2O2/c1-3-10(14-4-2)7-9-5-6-11-12(8-9)17-13(16)15-11/h5-6,8,10,14H,3-4,7H2,1-2H3,(H,15,16). The third kappa shape index (κ3) is 2.77. The molecule has 2 rings (SSSR count). The Morgan fingerprint density at radius 3 is 2.94 bits per heavy atom. The molecule has 0 bridgehead atoms. The summed E-state index contributed by atoms with van der Waals surface area (Å²) in [5.74, 6) is -0.393. The normalized spacial score (nSPS) is 13.1. The summed E-state index contributed by atoms with van der Waals surface area (Å²) in [6.07, 6.45) is 2.04. The molecule has 92 valence electrons. The van der Waals surface area contributed by atoms with E-state index in [1.165, 1.54) is 5.56 Å². The molecule has 1 heterocycles. The average molecular weight is 234 g/mol. The summed E-state index contributed by atoms with van der Waals surface area (Å²) in [6, 6.07) is 6.35. The van der Waals surface area contributed by atoms with Gasteiger partial charge in [0.15, 0.2) is 5.58 Å². The molecule has 0 spiro atoms. The fraction of sp³-hybridized carbons (Fsp3) is 0.462. The molecule has 0 saturated carbocycles. The van der Waals surface area contributed by atoms with Crippen molar-refractivity contribution in [2.75, 3.05) is 6.54 Å². The molecule has 0 aliphatic rings. The van der Waals surface area contributed by atoms with Gasteiger partial charge in [0.1, 0.15) is 0 Å². The third-order valence-electron chi connectivity index (χ3n) is 2.95. The smallest absolute Gasteiger partial charge is 0.408 e. The lowest BCUT2D eigenvalue weighted by molar-refractivity contribution is 0.509. The monoisotopic (exact) mass is 234 g/mol. The van der Waals surface area contributed by atoms with Crippen LogP contribution in [0.25, 0.3) is 11.1 Å². The van der Waals surface area contributed by atoms with Crippen molar-refractivity contribution in [1.82, 2.24) is 10.3 Å². The van der Waals surface area contributed by atoms with Gasteiger partial charge < -0.3 is 9.73 Å². The van der Waals surface area contributed by atoms with Crippen LogP contribution in [-0.4, -0.2) is 17.6 Å². The fourth-order valence-corrected chi connectivity index (χ4v) is 2.05. The Hall–Kier alpha value is -1.55. The molecule has 1 aromatic carbocycles. The fourth-order valence-electron chi connectivity index (χ4n) is 2.05. The number of H-pyrrole nitrogens is 1. The SMILES string of the molecule is CCNC(CC)Cc1ccc2[nH]c(=O)oc2c1. The largest absolute Gasteiger partial charge is 0.417 e. The third-order valence-corrected chi connectivity index (χ3v) is 2.95. The summed E-state index contributed by atoms with van der Waals surface area (Å²) in [6.45, 7) is 5.25. The molecule has 0 aliphatic carbocycles. The van der Waals surface area contributed by atoms with Crippen molar-refractivity contribution in [3.63, 3.8) is 0 Å². The maximum absolute atomic E-state index is 11.0. The molecule has 1 aromatic heterocycles. The van der Waals surface area contributed by atoms with Crippen LogP contribution in [0.5, 0.6) is 0 Å². The van der Waals surface area contributed by atoms with Crippen LogP contribution in [0, 0.1) is 0 Å². The van der Waals surface area contributed by atoms with Gasteiger partial charge in [-0.1, -0.05) is 19.9 Å². The molecule has 0 fully saturated rings. The highest BCUT2D eigenvalue weighted by atomic mass is 16.4. The molecule has 4 nitrogen and oxygen atoms in total. The van der Waals surface area contributed by atoms with Gasteiger partial charge in [0.05, 0.1) is 5.52 Å². The minimum Gasteiger partial charge on any atom is -0.408 e. The van der Waals surface area contributed by atoms with Crippen LogP contribution in [0.2, 0.25) is 0 Å². The first kappa shape index (κ1) is 11.9. The second-order valence-corrected chi connectivity index (χ2v) is 4.21. The molecular weight excluding hydrogens is 216 g/mol. The summed E-state index contributed by atoms with van der Waals surface area (Å²) in [7, 11) is 0. The molecule has 0 aliphatic heterocycles. The zero-order valence-electron chi connectivity index (χ0n) is 10.2. The van der Waals surface area contributed by atoms with E-state index in [0.29, 0.717) is 11.6 Å². The van der Waals surface area contributed by atoms with Gasteiger partial charge in [-0.25, -0.2) is 4.79 Å². The Morgan fingerprint density at radius 2 is 2.24 bits per heavy atom. The van der Waals surface area contributed by atoms with E-state index in [4.69, 9.17) is 4.42 Å². The molecule has 1 atom stereocenters. The van der Waals surface area contributed by atoms with E-state index in [1.807, 2.05) is 18.2 Å². The molecule has 4 heteroatoms. The molecule has 0 amide bonds. The molecular formula is C13H18N2O2. The number of rotatable bonds is 5. The molecule has 1 unspecified atom stereocenters. The Morgan fingerprint density at radius 1 is 1.41 bits per heavy atom. The molecule has 2 aromatic rings. The van der Waals surface area contributed by atoms with Crippen molar-refractivity contribution in [3.8, 4) is 0 Å².